The van der Waals surface area contributed by atoms with Crippen LogP contribution in [-0.2, 0) is 17.8 Å². The van der Waals surface area contributed by atoms with E-state index in [2.05, 4.69) is 9.97 Å². The van der Waals surface area contributed by atoms with Gasteiger partial charge in [-0.25, -0.2) is 18.2 Å². The molecule has 0 fully saturated rings. The molecule has 3 nitrogen and oxygen atoms in total. The average molecular weight is 376 g/mol. The van der Waals surface area contributed by atoms with E-state index < -0.39 is 17.7 Å². The van der Waals surface area contributed by atoms with Crippen molar-refractivity contribution in [2.75, 3.05) is 0 Å². The molecule has 0 radical (unpaired) electrons. The van der Waals surface area contributed by atoms with Crippen LogP contribution in [-0.4, -0.2) is 15.2 Å². The molecule has 0 spiro atoms. The molecule has 0 amide bonds. The SMILES string of the molecule is Fc1ccc2c(c1)[C@H](OCc1cccc(F)c1F)[C@H](Cc1ncc[nH]1)S2. The molecule has 1 N–H and O–H groups in total. The maximum absolute atomic E-state index is 13.9. The number of hydrogen-bond donors (Lipinski definition) is 1. The summed E-state index contributed by atoms with van der Waals surface area (Å²) in [7, 11) is 0. The summed E-state index contributed by atoms with van der Waals surface area (Å²) in [6.07, 6.45) is 3.54. The molecule has 4 rings (SSSR count). The van der Waals surface area contributed by atoms with E-state index in [-0.39, 0.29) is 23.2 Å². The van der Waals surface area contributed by atoms with Crippen LogP contribution in [0.25, 0.3) is 0 Å². The number of halogens is 3. The van der Waals surface area contributed by atoms with Crippen molar-refractivity contribution in [3.63, 3.8) is 0 Å². The van der Waals surface area contributed by atoms with Crippen molar-refractivity contribution in [3.8, 4) is 0 Å². The van der Waals surface area contributed by atoms with E-state index in [1.54, 1.807) is 30.2 Å². The van der Waals surface area contributed by atoms with Crippen LogP contribution >= 0.6 is 11.8 Å². The number of H-pyrrole nitrogens is 1. The largest absolute Gasteiger partial charge is 0.368 e. The smallest absolute Gasteiger partial charge is 0.164 e. The van der Waals surface area contributed by atoms with Crippen molar-refractivity contribution >= 4 is 11.8 Å². The van der Waals surface area contributed by atoms with Gasteiger partial charge >= 0.3 is 0 Å². The number of nitrogens with one attached hydrogen (secondary N) is 1. The molecule has 3 aromatic rings. The minimum absolute atomic E-state index is 0.0467. The fraction of sp³-hybridized carbons (Fsp3) is 0.211. The van der Waals surface area contributed by atoms with Crippen LogP contribution in [0.15, 0.2) is 53.7 Å². The summed E-state index contributed by atoms with van der Waals surface area (Å²) in [4.78, 5) is 8.20. The third-order valence-electron chi connectivity index (χ3n) is 4.29. The van der Waals surface area contributed by atoms with Crippen LogP contribution < -0.4 is 0 Å². The molecular formula is C19H15F3N2OS. The third kappa shape index (κ3) is 3.37. The van der Waals surface area contributed by atoms with Gasteiger partial charge in [0.05, 0.1) is 12.7 Å². The molecular weight excluding hydrogens is 361 g/mol. The number of rotatable bonds is 5. The first-order chi connectivity index (χ1) is 12.6. The van der Waals surface area contributed by atoms with E-state index in [9.17, 15) is 13.2 Å². The molecule has 2 aromatic carbocycles. The van der Waals surface area contributed by atoms with E-state index in [0.29, 0.717) is 6.42 Å². The Balaban J connectivity index is 1.59. The Labute approximate surface area is 152 Å². The van der Waals surface area contributed by atoms with Crippen LogP contribution in [0.5, 0.6) is 0 Å². The number of thioether (sulfide) groups is 1. The summed E-state index contributed by atoms with van der Waals surface area (Å²) >= 11 is 1.57. The van der Waals surface area contributed by atoms with E-state index in [1.165, 1.54) is 24.3 Å². The minimum Gasteiger partial charge on any atom is -0.368 e. The lowest BCUT2D eigenvalue weighted by Crippen LogP contribution is -2.18. The standard InChI is InChI=1S/C19H15F3N2OS/c20-12-4-5-15-13(8-12)19(16(26-15)9-17-23-6-7-24-17)25-10-11-2-1-3-14(21)18(11)22/h1-8,16,19H,9-10H2,(H,23,24)/t16-,19-/m0/s1. The summed E-state index contributed by atoms with van der Waals surface area (Å²) in [5, 5.41) is -0.0467. The summed E-state index contributed by atoms with van der Waals surface area (Å²) < 4.78 is 47.0. The number of benzene rings is 2. The van der Waals surface area contributed by atoms with Crippen molar-refractivity contribution in [2.24, 2.45) is 0 Å². The molecule has 2 atom stereocenters. The molecule has 134 valence electrons. The highest BCUT2D eigenvalue weighted by atomic mass is 32.2. The van der Waals surface area contributed by atoms with E-state index in [4.69, 9.17) is 4.74 Å². The zero-order valence-electron chi connectivity index (χ0n) is 13.6. The van der Waals surface area contributed by atoms with E-state index >= 15 is 0 Å². The molecule has 0 saturated heterocycles. The van der Waals surface area contributed by atoms with Gasteiger partial charge in [-0.3, -0.25) is 0 Å². The highest BCUT2D eigenvalue weighted by molar-refractivity contribution is 8.00. The topological polar surface area (TPSA) is 37.9 Å². The zero-order chi connectivity index (χ0) is 18.1. The monoisotopic (exact) mass is 376 g/mol. The predicted molar refractivity (Wildman–Crippen MR) is 92.2 cm³/mol. The normalized spacial score (nSPS) is 18.9. The second-order valence-electron chi connectivity index (χ2n) is 6.02. The van der Waals surface area contributed by atoms with Gasteiger partial charge in [0.15, 0.2) is 11.6 Å². The maximum atomic E-state index is 13.9. The van der Waals surface area contributed by atoms with Crippen LogP contribution in [0.3, 0.4) is 0 Å². The lowest BCUT2D eigenvalue weighted by Gasteiger charge is -2.20. The van der Waals surface area contributed by atoms with Gasteiger partial charge in [-0.1, -0.05) is 12.1 Å². The Bertz CT molecular complexity index is 917. The Kier molecular flexibility index (Phi) is 4.74. The number of imidazole rings is 1. The van der Waals surface area contributed by atoms with Gasteiger partial charge in [0.1, 0.15) is 11.6 Å². The Hall–Kier alpha value is -2.25. The second-order valence-corrected chi connectivity index (χ2v) is 7.30. The molecule has 7 heteroatoms. The number of hydrogen-bond acceptors (Lipinski definition) is 3. The highest BCUT2D eigenvalue weighted by Gasteiger charge is 2.35. The van der Waals surface area contributed by atoms with Crippen LogP contribution in [0.2, 0.25) is 0 Å². The third-order valence-corrected chi connectivity index (χ3v) is 5.64. The molecule has 0 aliphatic carbocycles. The Morgan fingerprint density at radius 2 is 2.04 bits per heavy atom. The Morgan fingerprint density at radius 3 is 2.85 bits per heavy atom. The minimum atomic E-state index is -0.916. The molecule has 1 aliphatic heterocycles. The van der Waals surface area contributed by atoms with Gasteiger partial charge in [-0.15, -0.1) is 11.8 Å². The Morgan fingerprint density at radius 1 is 1.15 bits per heavy atom. The molecule has 2 heterocycles. The van der Waals surface area contributed by atoms with Gasteiger partial charge < -0.3 is 9.72 Å². The molecule has 0 saturated carbocycles. The number of nitrogens with zero attached hydrogens (tertiary/aromatic N) is 1. The molecule has 0 unspecified atom stereocenters. The molecule has 1 aromatic heterocycles. The molecule has 0 bridgehead atoms. The van der Waals surface area contributed by atoms with Crippen molar-refractivity contribution in [1.29, 1.82) is 0 Å². The average Bonchev–Trinajstić information content (AvgIpc) is 3.24. The lowest BCUT2D eigenvalue weighted by atomic mass is 10.0. The summed E-state index contributed by atoms with van der Waals surface area (Å²) in [6, 6.07) is 8.55. The van der Waals surface area contributed by atoms with Gasteiger partial charge in [-0.05, 0) is 29.8 Å². The first-order valence-corrected chi connectivity index (χ1v) is 8.98. The first kappa shape index (κ1) is 17.2. The van der Waals surface area contributed by atoms with E-state index in [0.717, 1.165) is 22.3 Å². The highest BCUT2D eigenvalue weighted by Crippen LogP contribution is 2.47. The van der Waals surface area contributed by atoms with Crippen LogP contribution in [0.1, 0.15) is 23.1 Å². The summed E-state index contributed by atoms with van der Waals surface area (Å²) in [5.41, 5.74) is 0.861. The maximum Gasteiger partial charge on any atom is 0.164 e. The van der Waals surface area contributed by atoms with Crippen LogP contribution in [0, 0.1) is 17.5 Å². The van der Waals surface area contributed by atoms with Crippen molar-refractivity contribution < 1.29 is 17.9 Å². The number of fused-ring (bicyclic) bond motifs is 1. The van der Waals surface area contributed by atoms with Crippen molar-refractivity contribution in [2.45, 2.75) is 29.3 Å². The van der Waals surface area contributed by atoms with Crippen molar-refractivity contribution in [3.05, 3.63) is 83.2 Å². The fourth-order valence-corrected chi connectivity index (χ4v) is 4.43. The van der Waals surface area contributed by atoms with Crippen LogP contribution in [0.4, 0.5) is 13.2 Å². The van der Waals surface area contributed by atoms with E-state index in [1.807, 2.05) is 0 Å². The number of aromatic amines is 1. The van der Waals surface area contributed by atoms with Gasteiger partial charge in [0, 0.05) is 34.5 Å². The van der Waals surface area contributed by atoms with Gasteiger partial charge in [0.25, 0.3) is 0 Å². The summed E-state index contributed by atoms with van der Waals surface area (Å²) in [5.74, 6) is -1.39. The number of aromatic nitrogens is 2. The molecule has 1 aliphatic rings. The quantitative estimate of drug-likeness (QED) is 0.695. The summed E-state index contributed by atoms with van der Waals surface area (Å²) in [6.45, 7) is -0.0978. The first-order valence-electron chi connectivity index (χ1n) is 8.10. The number of ether oxygens (including phenoxy) is 1. The lowest BCUT2D eigenvalue weighted by molar-refractivity contribution is 0.0371. The fourth-order valence-electron chi connectivity index (χ4n) is 3.06. The van der Waals surface area contributed by atoms with Gasteiger partial charge in [-0.2, -0.15) is 0 Å². The predicted octanol–water partition coefficient (Wildman–Crippen LogP) is 4.80. The molecule has 26 heavy (non-hydrogen) atoms. The zero-order valence-corrected chi connectivity index (χ0v) is 14.4. The van der Waals surface area contributed by atoms with Gasteiger partial charge in [0.2, 0.25) is 0 Å². The van der Waals surface area contributed by atoms with Crippen molar-refractivity contribution in [1.82, 2.24) is 9.97 Å². The second kappa shape index (κ2) is 7.17.